The summed E-state index contributed by atoms with van der Waals surface area (Å²) in [5, 5.41) is 15.7. The molecule has 9 rings (SSSR count). The highest BCUT2D eigenvalue weighted by Gasteiger charge is 2.53. The van der Waals surface area contributed by atoms with Gasteiger partial charge < -0.3 is 20.1 Å². The number of hydrogen-bond donors (Lipinski definition) is 2. The molecule has 3 atom stereocenters. The molecule has 1 aliphatic carbocycles. The number of phenolic OH excluding ortho intramolecular Hbond substituents is 1. The van der Waals surface area contributed by atoms with E-state index in [2.05, 4.69) is 26.0 Å². The fourth-order valence-corrected chi connectivity index (χ4v) is 9.58. The normalized spacial score (nSPS) is 27.4. The van der Waals surface area contributed by atoms with Crippen LogP contribution in [0.15, 0.2) is 42.2 Å². The summed E-state index contributed by atoms with van der Waals surface area (Å²) in [4.78, 5) is 14.1. The van der Waals surface area contributed by atoms with E-state index < -0.39 is 11.6 Å². The molecule has 11 heteroatoms. The number of aromatic hydroxyl groups is 1. The van der Waals surface area contributed by atoms with Crippen molar-refractivity contribution in [1.29, 1.82) is 0 Å². The number of nitrogens with one attached hydrogen (secondary N) is 1. The highest BCUT2D eigenvalue weighted by Crippen LogP contribution is 2.50. The number of halogens is 4. The van der Waals surface area contributed by atoms with E-state index in [9.17, 15) is 13.9 Å². The van der Waals surface area contributed by atoms with Crippen molar-refractivity contribution in [3.05, 3.63) is 64.5 Å². The summed E-state index contributed by atoms with van der Waals surface area (Å²) in [5.41, 5.74) is 0.364. The van der Waals surface area contributed by atoms with Crippen molar-refractivity contribution in [3.8, 4) is 35.2 Å². The molecule has 2 bridgehead atoms. The highest BCUT2D eigenvalue weighted by atomic mass is 35.5. The molecule has 7 nitrogen and oxygen atoms in total. The third-order valence-electron chi connectivity index (χ3n) is 11.6. The van der Waals surface area contributed by atoms with Crippen LogP contribution in [0.25, 0.3) is 32.8 Å². The third kappa shape index (κ3) is 4.88. The summed E-state index contributed by atoms with van der Waals surface area (Å²) in [7, 11) is 0. The Morgan fingerprint density at radius 1 is 1.16 bits per heavy atom. The van der Waals surface area contributed by atoms with Gasteiger partial charge in [-0.3, -0.25) is 4.90 Å². The molecule has 4 aromatic rings. The summed E-state index contributed by atoms with van der Waals surface area (Å²) >= 11 is 6.95. The van der Waals surface area contributed by atoms with Crippen LogP contribution in [0, 0.1) is 29.9 Å². The van der Waals surface area contributed by atoms with Crippen molar-refractivity contribution >= 4 is 39.1 Å². The zero-order chi connectivity index (χ0) is 33.7. The molecular formula is C38H35ClF3N5O2. The van der Waals surface area contributed by atoms with Crippen LogP contribution < -0.4 is 15.0 Å². The van der Waals surface area contributed by atoms with Gasteiger partial charge in [-0.15, -0.1) is 6.42 Å². The van der Waals surface area contributed by atoms with Gasteiger partial charge in [0.2, 0.25) is 0 Å². The minimum atomic E-state index is -0.755. The second-order valence-corrected chi connectivity index (χ2v) is 15.0. The molecule has 252 valence electrons. The molecule has 0 unspecified atom stereocenters. The fourth-order valence-electron chi connectivity index (χ4n) is 9.29. The molecule has 1 saturated carbocycles. The maximum atomic E-state index is 17.2. The van der Waals surface area contributed by atoms with Crippen molar-refractivity contribution in [3.63, 3.8) is 0 Å². The quantitative estimate of drug-likeness (QED) is 0.207. The zero-order valence-corrected chi connectivity index (χ0v) is 27.6. The first-order chi connectivity index (χ1) is 23.7. The lowest BCUT2D eigenvalue weighted by Crippen LogP contribution is -2.61. The van der Waals surface area contributed by atoms with Crippen molar-refractivity contribution < 1.29 is 23.0 Å². The van der Waals surface area contributed by atoms with E-state index in [4.69, 9.17) is 27.7 Å². The summed E-state index contributed by atoms with van der Waals surface area (Å²) in [6.07, 6.45) is 13.3. The Bertz CT molecular complexity index is 2130. The minimum Gasteiger partial charge on any atom is -0.508 e. The van der Waals surface area contributed by atoms with Gasteiger partial charge in [-0.1, -0.05) is 23.6 Å². The van der Waals surface area contributed by atoms with Gasteiger partial charge in [0.1, 0.15) is 29.5 Å². The lowest BCUT2D eigenvalue weighted by Gasteiger charge is -2.42. The molecule has 2 N–H and O–H groups in total. The second kappa shape index (κ2) is 11.2. The maximum absolute atomic E-state index is 17.2. The van der Waals surface area contributed by atoms with Crippen LogP contribution in [-0.2, 0) is 0 Å². The Hall–Kier alpha value is -4.04. The number of piperazine rings is 1. The lowest BCUT2D eigenvalue weighted by molar-refractivity contribution is 0.108. The number of fused-ring (bicyclic) bond motifs is 5. The smallest absolute Gasteiger partial charge is 0.319 e. The molecule has 4 aliphatic heterocycles. The molecule has 0 amide bonds. The van der Waals surface area contributed by atoms with E-state index in [1.54, 1.807) is 6.07 Å². The zero-order valence-electron chi connectivity index (χ0n) is 26.8. The van der Waals surface area contributed by atoms with Crippen LogP contribution in [-0.4, -0.2) is 69.9 Å². The lowest BCUT2D eigenvalue weighted by atomic mass is 9.90. The molecule has 5 heterocycles. The van der Waals surface area contributed by atoms with E-state index in [1.165, 1.54) is 37.1 Å². The van der Waals surface area contributed by atoms with Crippen LogP contribution in [0.2, 0.25) is 5.02 Å². The predicted octanol–water partition coefficient (Wildman–Crippen LogP) is 7.26. The Labute approximate surface area is 287 Å². The molecular weight excluding hydrogens is 651 g/mol. The van der Waals surface area contributed by atoms with Crippen molar-refractivity contribution in [2.24, 2.45) is 5.92 Å². The molecule has 3 aromatic carbocycles. The summed E-state index contributed by atoms with van der Waals surface area (Å²) in [6, 6.07) is 7.45. The van der Waals surface area contributed by atoms with Crippen LogP contribution in [0.4, 0.5) is 19.0 Å². The van der Waals surface area contributed by atoms with Crippen LogP contribution >= 0.6 is 11.6 Å². The number of terminal acetylenes is 1. The van der Waals surface area contributed by atoms with E-state index >= 15 is 4.39 Å². The minimum absolute atomic E-state index is 0.00236. The third-order valence-corrected chi connectivity index (χ3v) is 11.9. The van der Waals surface area contributed by atoms with Gasteiger partial charge in [-0.2, -0.15) is 9.97 Å². The van der Waals surface area contributed by atoms with E-state index in [0.29, 0.717) is 54.9 Å². The standard InChI is InChI=1S/C38H35ClF3N5O2/c1-2-26-30(41)7-4-22-12-25(48)13-27(31(22)26)32-29(39)14-28-34(33(32)42)43-36(49-20-37-9-3-11-47(37)17-21(15-37)16-40)44-35(28)46-18-24-8-10-38(19-46,45-24)23-5-6-23/h1,4,7,12-14,16,23-24,45,48H,3,5-6,8-11,15,17-20H2/b21-16-/t24-,37-,38+/m0/s1. The Kier molecular flexibility index (Phi) is 7.11. The number of ether oxygens (including phenoxy) is 1. The summed E-state index contributed by atoms with van der Waals surface area (Å²) in [5.74, 6) is 1.97. The number of hydrogen-bond acceptors (Lipinski definition) is 7. The van der Waals surface area contributed by atoms with E-state index in [-0.39, 0.29) is 68.1 Å². The topological polar surface area (TPSA) is 73.8 Å². The predicted molar refractivity (Wildman–Crippen MR) is 184 cm³/mol. The average molecular weight is 686 g/mol. The van der Waals surface area contributed by atoms with Gasteiger partial charge in [-0.25, -0.2) is 13.2 Å². The molecule has 0 spiro atoms. The van der Waals surface area contributed by atoms with Crippen LogP contribution in [0.1, 0.15) is 50.5 Å². The van der Waals surface area contributed by atoms with Gasteiger partial charge in [0, 0.05) is 47.6 Å². The van der Waals surface area contributed by atoms with Crippen molar-refractivity contribution in [2.45, 2.75) is 62.1 Å². The monoisotopic (exact) mass is 685 g/mol. The average Bonchev–Trinajstić information content (AvgIpc) is 3.70. The molecule has 49 heavy (non-hydrogen) atoms. The number of nitrogens with zero attached hydrogens (tertiary/aromatic N) is 4. The second-order valence-electron chi connectivity index (χ2n) is 14.6. The maximum Gasteiger partial charge on any atom is 0.319 e. The Morgan fingerprint density at radius 3 is 2.82 bits per heavy atom. The van der Waals surface area contributed by atoms with Gasteiger partial charge in [0.15, 0.2) is 5.82 Å². The number of benzene rings is 3. The number of rotatable bonds is 6. The first-order valence-corrected chi connectivity index (χ1v) is 17.4. The SMILES string of the molecule is C#Cc1c(F)ccc2cc(O)cc(-c3c(Cl)cc4c(N5C[C@@H]6CC[C@](C7CC7)(C5)N6)nc(OC[C@@]56CCCN5C/C(=C\F)C6)nc4c3F)c12. The van der Waals surface area contributed by atoms with E-state index in [1.807, 2.05) is 0 Å². The van der Waals surface area contributed by atoms with Crippen molar-refractivity contribution in [1.82, 2.24) is 20.2 Å². The first kappa shape index (κ1) is 31.0. The van der Waals surface area contributed by atoms with Crippen molar-refractivity contribution in [2.75, 3.05) is 37.7 Å². The van der Waals surface area contributed by atoms with Gasteiger partial charge in [0.05, 0.1) is 22.5 Å². The van der Waals surface area contributed by atoms with Gasteiger partial charge in [0.25, 0.3) is 0 Å². The first-order valence-electron chi connectivity index (χ1n) is 17.0. The van der Waals surface area contributed by atoms with E-state index in [0.717, 1.165) is 37.8 Å². The number of phenols is 1. The molecule has 4 saturated heterocycles. The van der Waals surface area contributed by atoms with Crippen LogP contribution in [0.5, 0.6) is 11.8 Å². The molecule has 5 fully saturated rings. The molecule has 0 radical (unpaired) electrons. The van der Waals surface area contributed by atoms with Gasteiger partial charge in [-0.05, 0) is 98.2 Å². The highest BCUT2D eigenvalue weighted by molar-refractivity contribution is 6.35. The van der Waals surface area contributed by atoms with Crippen LogP contribution in [0.3, 0.4) is 0 Å². The number of anilines is 1. The Balaban J connectivity index is 1.21. The fraction of sp³-hybridized carbons (Fsp3) is 0.421. The largest absolute Gasteiger partial charge is 0.508 e. The Morgan fingerprint density at radius 2 is 2.02 bits per heavy atom. The summed E-state index contributed by atoms with van der Waals surface area (Å²) in [6.45, 7) is 3.04. The molecule has 5 aliphatic rings. The van der Waals surface area contributed by atoms with Gasteiger partial charge >= 0.3 is 6.01 Å². The summed E-state index contributed by atoms with van der Waals surface area (Å²) < 4.78 is 52.2. The number of aromatic nitrogens is 2. The molecule has 1 aromatic heterocycles.